The second-order valence-corrected chi connectivity index (χ2v) is 2.65. The van der Waals surface area contributed by atoms with Crippen molar-refractivity contribution in [2.45, 2.75) is 0 Å². The van der Waals surface area contributed by atoms with Crippen LogP contribution in [0.1, 0.15) is 5.56 Å². The molecule has 0 radical (unpaired) electrons. The maximum absolute atomic E-state index is 12.3. The number of benzene rings is 1. The molecular weight excluding hydrogens is 194 g/mol. The van der Waals surface area contributed by atoms with Gasteiger partial charge in [-0.15, -0.1) is 5.46 Å². The maximum atomic E-state index is 12.3. The number of methoxy groups -OCH3 is 1. The van der Waals surface area contributed by atoms with Crippen LogP contribution in [0.25, 0.3) is 0 Å². The third-order valence-corrected chi connectivity index (χ3v) is 1.72. The fourth-order valence-corrected chi connectivity index (χ4v) is 1.02. The largest absolute Gasteiger partial charge is 0.509 e. The molecule has 0 fully saturated rings. The van der Waals surface area contributed by atoms with Gasteiger partial charge in [-0.25, -0.2) is 0 Å². The van der Waals surface area contributed by atoms with Crippen molar-refractivity contribution in [2.24, 2.45) is 0 Å². The minimum atomic E-state index is -5.06. The molecule has 74 valence electrons. The fourth-order valence-electron chi connectivity index (χ4n) is 1.02. The molecule has 0 bridgehead atoms. The average Bonchev–Trinajstić information content (AvgIpc) is 2.15. The normalized spacial score (nSPS) is 10.8. The van der Waals surface area contributed by atoms with Gasteiger partial charge in [0.1, 0.15) is 11.8 Å². The summed E-state index contributed by atoms with van der Waals surface area (Å²) in [5.74, 6) is 0.149. The van der Waals surface area contributed by atoms with E-state index in [1.54, 1.807) is 6.07 Å². The zero-order chi connectivity index (χ0) is 10.8. The number of hydrogen-bond acceptors (Lipinski definition) is 2. The molecule has 0 amide bonds. The minimum absolute atomic E-state index is 0.107. The van der Waals surface area contributed by atoms with Gasteiger partial charge in [0.15, 0.2) is 0 Å². The van der Waals surface area contributed by atoms with E-state index in [9.17, 15) is 12.9 Å². The van der Waals surface area contributed by atoms with Crippen molar-refractivity contribution in [1.29, 1.82) is 5.26 Å². The van der Waals surface area contributed by atoms with E-state index in [0.717, 1.165) is 18.2 Å². The van der Waals surface area contributed by atoms with Crippen LogP contribution >= 0.6 is 0 Å². The Kier molecular flexibility index (Phi) is 2.70. The van der Waals surface area contributed by atoms with Crippen LogP contribution in [0.4, 0.5) is 12.9 Å². The quantitative estimate of drug-likeness (QED) is 0.679. The van der Waals surface area contributed by atoms with E-state index in [1.165, 1.54) is 7.11 Å². The van der Waals surface area contributed by atoms with Gasteiger partial charge in [0.25, 0.3) is 0 Å². The molecule has 0 saturated heterocycles. The highest BCUT2D eigenvalue weighted by atomic mass is 19.4. The molecule has 0 aliphatic carbocycles. The van der Waals surface area contributed by atoms with Gasteiger partial charge < -0.3 is 17.7 Å². The van der Waals surface area contributed by atoms with E-state index in [4.69, 9.17) is 10.00 Å². The molecular formula is C8H6BF3NO-. The molecule has 2 nitrogen and oxygen atoms in total. The van der Waals surface area contributed by atoms with Crippen LogP contribution in [0.5, 0.6) is 5.75 Å². The average molecular weight is 200 g/mol. The SMILES string of the molecule is COc1ccc([B-](F)(F)F)cc1C#N. The van der Waals surface area contributed by atoms with E-state index < -0.39 is 12.4 Å². The molecule has 14 heavy (non-hydrogen) atoms. The standard InChI is InChI=1S/C8H6BF3NO/c1-14-8-3-2-7(9(10,11)12)4-6(8)5-13/h2-4H,1H3/q-1. The molecule has 0 heterocycles. The molecule has 1 aromatic rings. The number of nitriles is 1. The predicted octanol–water partition coefficient (Wildman–Crippen LogP) is 1.62. The molecule has 1 rings (SSSR count). The second kappa shape index (κ2) is 3.62. The van der Waals surface area contributed by atoms with Gasteiger partial charge in [-0.2, -0.15) is 5.26 Å². The zero-order valence-electron chi connectivity index (χ0n) is 7.30. The van der Waals surface area contributed by atoms with Gasteiger partial charge in [-0.1, -0.05) is 12.1 Å². The number of ether oxygens (including phenoxy) is 1. The Labute approximate surface area is 79.0 Å². The lowest BCUT2D eigenvalue weighted by atomic mass is 9.79. The molecule has 0 saturated carbocycles. The number of rotatable bonds is 2. The number of hydrogen-bond donors (Lipinski definition) is 0. The third-order valence-electron chi connectivity index (χ3n) is 1.72. The molecule has 0 unspecified atom stereocenters. The van der Waals surface area contributed by atoms with Gasteiger partial charge in [-0.05, 0) is 6.07 Å². The van der Waals surface area contributed by atoms with Crippen LogP contribution < -0.4 is 10.2 Å². The van der Waals surface area contributed by atoms with Crippen LogP contribution in [-0.4, -0.2) is 14.1 Å². The highest BCUT2D eigenvalue weighted by Gasteiger charge is 2.26. The molecule has 1 aromatic carbocycles. The van der Waals surface area contributed by atoms with Crippen LogP contribution in [0, 0.1) is 11.3 Å². The topological polar surface area (TPSA) is 33.0 Å². The highest BCUT2D eigenvalue weighted by Crippen LogP contribution is 2.18. The van der Waals surface area contributed by atoms with Crippen LogP contribution in [0.2, 0.25) is 0 Å². The molecule has 0 spiro atoms. The highest BCUT2D eigenvalue weighted by molar-refractivity contribution is 6.73. The van der Waals surface area contributed by atoms with Crippen molar-refractivity contribution in [3.63, 3.8) is 0 Å². The lowest BCUT2D eigenvalue weighted by Gasteiger charge is -2.15. The van der Waals surface area contributed by atoms with Crippen molar-refractivity contribution in [1.82, 2.24) is 0 Å². The van der Waals surface area contributed by atoms with Gasteiger partial charge in [0.05, 0.1) is 12.7 Å². The summed E-state index contributed by atoms with van der Waals surface area (Å²) in [6.45, 7) is -5.06. The molecule has 0 aliphatic heterocycles. The number of halogens is 3. The Morgan fingerprint density at radius 2 is 2.00 bits per heavy atom. The van der Waals surface area contributed by atoms with E-state index in [1.807, 2.05) is 0 Å². The summed E-state index contributed by atoms with van der Waals surface area (Å²) in [7, 11) is 1.30. The second-order valence-electron chi connectivity index (χ2n) is 2.65. The summed E-state index contributed by atoms with van der Waals surface area (Å²) in [4.78, 5) is 0. The first-order valence-corrected chi connectivity index (χ1v) is 3.77. The van der Waals surface area contributed by atoms with E-state index in [-0.39, 0.29) is 11.3 Å². The van der Waals surface area contributed by atoms with E-state index in [2.05, 4.69) is 0 Å². The van der Waals surface area contributed by atoms with Crippen LogP contribution in [0.3, 0.4) is 0 Å². The summed E-state index contributed by atoms with van der Waals surface area (Å²) >= 11 is 0. The van der Waals surface area contributed by atoms with Gasteiger partial charge in [0.2, 0.25) is 0 Å². The summed E-state index contributed by atoms with van der Waals surface area (Å²) in [5, 5.41) is 8.55. The molecule has 0 aliphatic rings. The van der Waals surface area contributed by atoms with Crippen molar-refractivity contribution in [3.05, 3.63) is 23.8 Å². The Bertz CT molecular complexity index is 383. The molecule has 0 N–H and O–H groups in total. The van der Waals surface area contributed by atoms with E-state index in [0.29, 0.717) is 0 Å². The maximum Gasteiger partial charge on any atom is 0.509 e. The summed E-state index contributed by atoms with van der Waals surface area (Å²) in [6, 6.07) is 4.48. The molecule has 0 aromatic heterocycles. The lowest BCUT2D eigenvalue weighted by Crippen LogP contribution is -2.34. The Morgan fingerprint density at radius 3 is 2.43 bits per heavy atom. The van der Waals surface area contributed by atoms with Gasteiger partial charge >= 0.3 is 6.98 Å². The first-order valence-electron chi connectivity index (χ1n) is 3.77. The van der Waals surface area contributed by atoms with Crippen molar-refractivity contribution in [3.8, 4) is 11.8 Å². The lowest BCUT2D eigenvalue weighted by molar-refractivity contribution is 0.413. The van der Waals surface area contributed by atoms with Crippen molar-refractivity contribution < 1.29 is 17.7 Å². The Hall–Kier alpha value is -1.64. The van der Waals surface area contributed by atoms with Crippen LogP contribution in [0.15, 0.2) is 18.2 Å². The van der Waals surface area contributed by atoms with Crippen molar-refractivity contribution in [2.75, 3.05) is 7.11 Å². The Balaban J connectivity index is 3.23. The monoisotopic (exact) mass is 200 g/mol. The summed E-state index contributed by atoms with van der Waals surface area (Å²) in [5.41, 5.74) is -0.897. The molecule has 6 heteroatoms. The summed E-state index contributed by atoms with van der Waals surface area (Å²) < 4.78 is 41.5. The fraction of sp³-hybridized carbons (Fsp3) is 0.125. The summed E-state index contributed by atoms with van der Waals surface area (Å²) in [6.07, 6.45) is 0. The minimum Gasteiger partial charge on any atom is -0.495 e. The first-order chi connectivity index (χ1) is 6.49. The first kappa shape index (κ1) is 10.4. The Morgan fingerprint density at radius 1 is 1.36 bits per heavy atom. The van der Waals surface area contributed by atoms with E-state index >= 15 is 0 Å². The number of nitrogens with zero attached hydrogens (tertiary/aromatic N) is 1. The van der Waals surface area contributed by atoms with Gasteiger partial charge in [-0.3, -0.25) is 0 Å². The predicted molar refractivity (Wildman–Crippen MR) is 46.4 cm³/mol. The zero-order valence-corrected chi connectivity index (χ0v) is 7.30. The van der Waals surface area contributed by atoms with Gasteiger partial charge in [0, 0.05) is 0 Å². The molecule has 0 atom stereocenters. The van der Waals surface area contributed by atoms with Crippen LogP contribution in [-0.2, 0) is 0 Å². The van der Waals surface area contributed by atoms with Crippen molar-refractivity contribution >= 4 is 12.4 Å². The smallest absolute Gasteiger partial charge is 0.495 e. The third kappa shape index (κ3) is 1.99.